The van der Waals surface area contributed by atoms with Crippen molar-refractivity contribution in [3.05, 3.63) is 23.2 Å². The van der Waals surface area contributed by atoms with Gasteiger partial charge in [0.1, 0.15) is 11.7 Å². The van der Waals surface area contributed by atoms with Crippen molar-refractivity contribution >= 4 is 39.1 Å². The van der Waals surface area contributed by atoms with Gasteiger partial charge >= 0.3 is 0 Å². The maximum absolute atomic E-state index is 12.1. The number of likely N-dealkylation sites (tertiary alicyclic amines) is 1. The highest BCUT2D eigenvalue weighted by Gasteiger charge is 2.35. The van der Waals surface area contributed by atoms with E-state index in [1.165, 1.54) is 0 Å². The third-order valence-corrected chi connectivity index (χ3v) is 4.59. The minimum Gasteiger partial charge on any atom is -0.383 e. The Morgan fingerprint density at radius 1 is 1.55 bits per heavy atom. The molecule has 20 heavy (non-hydrogen) atoms. The van der Waals surface area contributed by atoms with E-state index in [0.717, 1.165) is 15.6 Å². The van der Waals surface area contributed by atoms with Crippen LogP contribution >= 0.6 is 11.3 Å². The summed E-state index contributed by atoms with van der Waals surface area (Å²) in [6, 6.07) is 1.90. The highest BCUT2D eigenvalue weighted by molar-refractivity contribution is 7.17. The molecule has 2 amide bonds. The fourth-order valence-corrected chi connectivity index (χ4v) is 3.51. The van der Waals surface area contributed by atoms with E-state index in [4.69, 9.17) is 11.5 Å². The van der Waals surface area contributed by atoms with Gasteiger partial charge in [-0.05, 0) is 23.4 Å². The second-order valence-corrected chi connectivity index (χ2v) is 5.74. The average Bonchev–Trinajstić information content (AvgIpc) is 2.96. The Morgan fingerprint density at radius 2 is 2.35 bits per heavy atom. The summed E-state index contributed by atoms with van der Waals surface area (Å²) in [7, 11) is 0. The summed E-state index contributed by atoms with van der Waals surface area (Å²) in [4.78, 5) is 29.0. The summed E-state index contributed by atoms with van der Waals surface area (Å²) in [6.07, 6.45) is 2.16. The lowest BCUT2D eigenvalue weighted by Crippen LogP contribution is -2.33. The molecule has 2 aromatic heterocycles. The van der Waals surface area contributed by atoms with Crippen LogP contribution in [0.4, 0.5) is 5.82 Å². The highest BCUT2D eigenvalue weighted by Crippen LogP contribution is 2.31. The van der Waals surface area contributed by atoms with Gasteiger partial charge in [0, 0.05) is 29.4 Å². The molecule has 1 aliphatic rings. The minimum atomic E-state index is -0.685. The number of rotatable bonds is 3. The number of hydrogen-bond acceptors (Lipinski definition) is 5. The Balaban J connectivity index is 1.88. The van der Waals surface area contributed by atoms with Crippen LogP contribution in [-0.2, 0) is 16.1 Å². The van der Waals surface area contributed by atoms with Gasteiger partial charge in [-0.15, -0.1) is 11.3 Å². The quantitative estimate of drug-likeness (QED) is 0.813. The molecular formula is C13H14N4O2S. The van der Waals surface area contributed by atoms with Crippen LogP contribution in [-0.4, -0.2) is 28.2 Å². The summed E-state index contributed by atoms with van der Waals surface area (Å²) < 4.78 is 1.05. The van der Waals surface area contributed by atoms with Crippen LogP contribution in [0.2, 0.25) is 0 Å². The maximum atomic E-state index is 12.1. The van der Waals surface area contributed by atoms with Gasteiger partial charge in [0.25, 0.3) is 0 Å². The van der Waals surface area contributed by atoms with Crippen molar-refractivity contribution in [1.29, 1.82) is 0 Å². The van der Waals surface area contributed by atoms with Crippen LogP contribution < -0.4 is 11.5 Å². The lowest BCUT2D eigenvalue weighted by molar-refractivity contribution is -0.136. The van der Waals surface area contributed by atoms with Gasteiger partial charge in [0.2, 0.25) is 11.8 Å². The van der Waals surface area contributed by atoms with Gasteiger partial charge in [-0.1, -0.05) is 0 Å². The normalized spacial score (nSPS) is 18.9. The molecule has 0 spiro atoms. The van der Waals surface area contributed by atoms with Crippen LogP contribution in [0, 0.1) is 5.92 Å². The first-order chi connectivity index (χ1) is 9.58. The molecule has 1 aliphatic heterocycles. The first kappa shape index (κ1) is 12.9. The van der Waals surface area contributed by atoms with Crippen molar-refractivity contribution in [1.82, 2.24) is 9.88 Å². The number of primary amides is 1. The first-order valence-electron chi connectivity index (χ1n) is 6.26. The van der Waals surface area contributed by atoms with Gasteiger partial charge in [-0.3, -0.25) is 9.59 Å². The molecule has 0 aromatic carbocycles. The van der Waals surface area contributed by atoms with Crippen LogP contribution in [0.15, 0.2) is 17.6 Å². The van der Waals surface area contributed by atoms with Crippen molar-refractivity contribution in [2.75, 3.05) is 12.3 Å². The van der Waals surface area contributed by atoms with Crippen LogP contribution in [0.5, 0.6) is 0 Å². The summed E-state index contributed by atoms with van der Waals surface area (Å²) in [5, 5.41) is 2.88. The molecule has 1 fully saturated rings. The largest absolute Gasteiger partial charge is 0.383 e. The molecule has 0 unspecified atom stereocenters. The van der Waals surface area contributed by atoms with Gasteiger partial charge in [-0.2, -0.15) is 0 Å². The highest BCUT2D eigenvalue weighted by atomic mass is 32.1. The SMILES string of the molecule is NC(=O)[C@@H]1CCN(Cc2csc3ccnc(N)c23)C1=O. The molecule has 1 saturated heterocycles. The number of aromatic nitrogens is 1. The third-order valence-electron chi connectivity index (χ3n) is 3.59. The van der Waals surface area contributed by atoms with E-state index in [1.807, 2.05) is 11.4 Å². The number of thiophene rings is 1. The number of amides is 2. The molecular weight excluding hydrogens is 276 g/mol. The molecule has 7 heteroatoms. The zero-order valence-corrected chi connectivity index (χ0v) is 11.5. The topological polar surface area (TPSA) is 102 Å². The minimum absolute atomic E-state index is 0.195. The molecule has 0 aliphatic carbocycles. The van der Waals surface area contributed by atoms with Gasteiger partial charge in [-0.25, -0.2) is 4.98 Å². The monoisotopic (exact) mass is 290 g/mol. The summed E-state index contributed by atoms with van der Waals surface area (Å²) >= 11 is 1.57. The molecule has 3 rings (SSSR count). The Bertz CT molecular complexity index is 697. The first-order valence-corrected chi connectivity index (χ1v) is 7.14. The number of pyridine rings is 1. The fourth-order valence-electron chi connectivity index (χ4n) is 2.56. The smallest absolute Gasteiger partial charge is 0.235 e. The van der Waals surface area contributed by atoms with Crippen molar-refractivity contribution in [3.8, 4) is 0 Å². The van der Waals surface area contributed by atoms with E-state index < -0.39 is 11.8 Å². The zero-order valence-electron chi connectivity index (χ0n) is 10.7. The second-order valence-electron chi connectivity index (χ2n) is 4.83. The Kier molecular flexibility index (Phi) is 3.06. The number of hydrogen-bond donors (Lipinski definition) is 2. The lowest BCUT2D eigenvalue weighted by atomic mass is 10.1. The van der Waals surface area contributed by atoms with Gasteiger partial charge in [0.05, 0.1) is 0 Å². The molecule has 0 saturated carbocycles. The van der Waals surface area contributed by atoms with Crippen molar-refractivity contribution in [2.45, 2.75) is 13.0 Å². The number of nitrogens with two attached hydrogens (primary N) is 2. The number of nitrogens with zero attached hydrogens (tertiary/aromatic N) is 2. The van der Waals surface area contributed by atoms with E-state index in [9.17, 15) is 9.59 Å². The van der Waals surface area contributed by atoms with E-state index >= 15 is 0 Å². The number of carbonyl (C=O) groups is 2. The number of anilines is 1. The number of nitrogen functional groups attached to an aromatic ring is 1. The molecule has 3 heterocycles. The lowest BCUT2D eigenvalue weighted by Gasteiger charge is -2.15. The molecule has 0 bridgehead atoms. The average molecular weight is 290 g/mol. The predicted octanol–water partition coefficient (Wildman–Crippen LogP) is 0.712. The molecule has 2 aromatic rings. The molecule has 6 nitrogen and oxygen atoms in total. The molecule has 104 valence electrons. The van der Waals surface area contributed by atoms with Gasteiger partial charge < -0.3 is 16.4 Å². The Labute approximate surface area is 119 Å². The third kappa shape index (κ3) is 2.00. The summed E-state index contributed by atoms with van der Waals surface area (Å²) in [5.41, 5.74) is 12.1. The Morgan fingerprint density at radius 3 is 3.05 bits per heavy atom. The number of fused-ring (bicyclic) bond motifs is 1. The zero-order chi connectivity index (χ0) is 14.3. The van der Waals surface area contributed by atoms with E-state index in [0.29, 0.717) is 25.3 Å². The molecule has 4 N–H and O–H groups in total. The van der Waals surface area contributed by atoms with Crippen molar-refractivity contribution in [3.63, 3.8) is 0 Å². The van der Waals surface area contributed by atoms with E-state index in [-0.39, 0.29) is 5.91 Å². The Hall–Kier alpha value is -2.15. The predicted molar refractivity (Wildman–Crippen MR) is 76.8 cm³/mol. The van der Waals surface area contributed by atoms with Crippen LogP contribution in [0.1, 0.15) is 12.0 Å². The summed E-state index contributed by atoms with van der Waals surface area (Å²) in [6.45, 7) is 0.989. The summed E-state index contributed by atoms with van der Waals surface area (Å²) in [5.74, 6) is -0.958. The van der Waals surface area contributed by atoms with Crippen LogP contribution in [0.25, 0.3) is 10.1 Å². The van der Waals surface area contributed by atoms with E-state index in [2.05, 4.69) is 4.98 Å². The fraction of sp³-hybridized carbons (Fsp3) is 0.308. The van der Waals surface area contributed by atoms with Crippen LogP contribution in [0.3, 0.4) is 0 Å². The molecule has 1 atom stereocenters. The maximum Gasteiger partial charge on any atom is 0.235 e. The number of carbonyl (C=O) groups excluding carboxylic acids is 2. The van der Waals surface area contributed by atoms with Crippen molar-refractivity contribution in [2.24, 2.45) is 11.7 Å². The van der Waals surface area contributed by atoms with Crippen molar-refractivity contribution < 1.29 is 9.59 Å². The van der Waals surface area contributed by atoms with E-state index in [1.54, 1.807) is 22.4 Å². The second kappa shape index (κ2) is 4.75. The van der Waals surface area contributed by atoms with Gasteiger partial charge in [0.15, 0.2) is 0 Å². The standard InChI is InChI=1S/C13H14N4O2S/c14-11-10-7(6-20-9(10)1-3-16-11)5-17-4-2-8(12(15)18)13(17)19/h1,3,6,8H,2,4-5H2,(H2,14,16)(H2,15,18)/t8-/m0/s1. The molecule has 0 radical (unpaired) electrons.